The molecule has 4 nitrogen and oxygen atoms in total. The van der Waals surface area contributed by atoms with E-state index in [4.69, 9.17) is 5.73 Å². The third-order valence-electron chi connectivity index (χ3n) is 4.62. The van der Waals surface area contributed by atoms with Crippen molar-refractivity contribution in [2.24, 2.45) is 5.92 Å². The number of nitrogen functional groups attached to an aromatic ring is 1. The Bertz CT molecular complexity index is 611. The summed E-state index contributed by atoms with van der Waals surface area (Å²) >= 11 is 0. The highest BCUT2D eigenvalue weighted by molar-refractivity contribution is 7.89. The highest BCUT2D eigenvalue weighted by atomic mass is 32.2. The first-order valence-corrected chi connectivity index (χ1v) is 9.23. The number of nitrogens with one attached hydrogen (secondary N) is 1. The van der Waals surface area contributed by atoms with Crippen molar-refractivity contribution in [3.8, 4) is 0 Å². The number of sulfonamides is 1. The van der Waals surface area contributed by atoms with Crippen LogP contribution in [-0.4, -0.2) is 14.5 Å². The van der Waals surface area contributed by atoms with Crippen molar-refractivity contribution >= 4 is 15.7 Å². The van der Waals surface area contributed by atoms with Gasteiger partial charge >= 0.3 is 0 Å². The van der Waals surface area contributed by atoms with E-state index in [1.807, 2.05) is 19.1 Å². The number of hydrogen-bond acceptors (Lipinski definition) is 3. The van der Waals surface area contributed by atoms with Gasteiger partial charge in [0.1, 0.15) is 4.90 Å². The lowest BCUT2D eigenvalue weighted by molar-refractivity contribution is 0.282. The molecule has 2 rings (SSSR count). The Hall–Kier alpha value is -1.07. The first kappa shape index (κ1) is 16.3. The van der Waals surface area contributed by atoms with Crippen molar-refractivity contribution < 1.29 is 8.42 Å². The van der Waals surface area contributed by atoms with Crippen LogP contribution in [0, 0.1) is 19.8 Å². The van der Waals surface area contributed by atoms with Crippen LogP contribution in [0.15, 0.2) is 17.0 Å². The van der Waals surface area contributed by atoms with Crippen molar-refractivity contribution in [3.63, 3.8) is 0 Å². The van der Waals surface area contributed by atoms with Gasteiger partial charge in [-0.25, -0.2) is 13.1 Å². The van der Waals surface area contributed by atoms with E-state index in [-0.39, 0.29) is 10.9 Å². The van der Waals surface area contributed by atoms with Crippen LogP contribution in [-0.2, 0) is 10.0 Å². The normalized spacial score (nSPS) is 23.2. The van der Waals surface area contributed by atoms with Gasteiger partial charge in [-0.3, -0.25) is 0 Å². The van der Waals surface area contributed by atoms with Gasteiger partial charge in [-0.15, -0.1) is 0 Å². The average molecular weight is 310 g/mol. The quantitative estimate of drug-likeness (QED) is 0.839. The molecule has 3 N–H and O–H groups in total. The summed E-state index contributed by atoms with van der Waals surface area (Å²) in [5.41, 5.74) is 7.90. The van der Waals surface area contributed by atoms with Gasteiger partial charge in [-0.1, -0.05) is 38.3 Å². The van der Waals surface area contributed by atoms with Crippen molar-refractivity contribution in [1.82, 2.24) is 4.72 Å². The maximum absolute atomic E-state index is 12.8. The molecule has 0 saturated heterocycles. The molecule has 5 heteroatoms. The van der Waals surface area contributed by atoms with Gasteiger partial charge in [-0.05, 0) is 43.7 Å². The van der Waals surface area contributed by atoms with E-state index in [2.05, 4.69) is 11.6 Å². The fourth-order valence-electron chi connectivity index (χ4n) is 3.27. The summed E-state index contributed by atoms with van der Waals surface area (Å²) in [7, 11) is -3.56. The molecule has 2 atom stereocenters. The van der Waals surface area contributed by atoms with Crippen LogP contribution >= 0.6 is 0 Å². The predicted molar refractivity (Wildman–Crippen MR) is 86.7 cm³/mol. The molecular formula is C16H26N2O2S. The molecule has 1 aromatic rings. The Morgan fingerprint density at radius 3 is 2.48 bits per heavy atom. The van der Waals surface area contributed by atoms with E-state index in [0.29, 0.717) is 17.2 Å². The first-order valence-electron chi connectivity index (χ1n) is 7.74. The summed E-state index contributed by atoms with van der Waals surface area (Å²) < 4.78 is 28.4. The molecule has 0 bridgehead atoms. The molecule has 1 aliphatic carbocycles. The number of rotatable bonds is 4. The number of aryl methyl sites for hydroxylation is 2. The summed E-state index contributed by atoms with van der Waals surface area (Å²) in [6.07, 6.45) is 5.32. The van der Waals surface area contributed by atoms with Crippen molar-refractivity contribution in [3.05, 3.63) is 23.3 Å². The highest BCUT2D eigenvalue weighted by Gasteiger charge is 2.30. The molecule has 1 fully saturated rings. The molecule has 1 aliphatic rings. The third-order valence-corrected chi connectivity index (χ3v) is 6.31. The van der Waals surface area contributed by atoms with Crippen LogP contribution in [0.1, 0.15) is 50.2 Å². The third kappa shape index (κ3) is 3.40. The average Bonchev–Trinajstić information content (AvgIpc) is 2.43. The predicted octanol–water partition coefficient (Wildman–Crippen LogP) is 3.13. The summed E-state index contributed by atoms with van der Waals surface area (Å²) in [6, 6.07) is 3.71. The zero-order chi connectivity index (χ0) is 15.6. The molecule has 0 aromatic heterocycles. The Morgan fingerprint density at radius 2 is 1.81 bits per heavy atom. The van der Waals surface area contributed by atoms with Crippen LogP contribution in [0.4, 0.5) is 5.69 Å². The highest BCUT2D eigenvalue weighted by Crippen LogP contribution is 2.30. The Kier molecular flexibility index (Phi) is 4.94. The minimum atomic E-state index is -3.56. The van der Waals surface area contributed by atoms with E-state index in [9.17, 15) is 8.42 Å². The fourth-order valence-corrected chi connectivity index (χ4v) is 5.04. The second-order valence-corrected chi connectivity index (χ2v) is 7.77. The number of benzene rings is 1. The van der Waals surface area contributed by atoms with E-state index in [0.717, 1.165) is 31.2 Å². The van der Waals surface area contributed by atoms with E-state index < -0.39 is 10.0 Å². The van der Waals surface area contributed by atoms with Crippen LogP contribution in [0.2, 0.25) is 0 Å². The molecule has 1 saturated carbocycles. The molecule has 1 aromatic carbocycles. The summed E-state index contributed by atoms with van der Waals surface area (Å²) in [5.74, 6) is 0.430. The second kappa shape index (κ2) is 6.36. The lowest BCUT2D eigenvalue weighted by Crippen LogP contribution is -2.42. The van der Waals surface area contributed by atoms with Gasteiger partial charge in [0.25, 0.3) is 0 Å². The number of anilines is 1. The minimum Gasteiger partial charge on any atom is -0.397 e. The molecular weight excluding hydrogens is 284 g/mol. The zero-order valence-electron chi connectivity index (χ0n) is 13.1. The summed E-state index contributed by atoms with van der Waals surface area (Å²) in [4.78, 5) is 0.253. The first-order chi connectivity index (χ1) is 9.86. The maximum Gasteiger partial charge on any atom is 0.243 e. The lowest BCUT2D eigenvalue weighted by atomic mass is 9.83. The van der Waals surface area contributed by atoms with Gasteiger partial charge in [-0.2, -0.15) is 0 Å². The standard InChI is InChI=1S/C16H26N2O2S/c1-4-13-7-5-6-8-14(13)18-21(19,20)16-12(3)10-9-11(2)15(16)17/h9-10,13-14,18H,4-8,17H2,1-3H3. The van der Waals surface area contributed by atoms with Crippen molar-refractivity contribution in [1.29, 1.82) is 0 Å². The van der Waals surface area contributed by atoms with Gasteiger partial charge in [0.2, 0.25) is 10.0 Å². The van der Waals surface area contributed by atoms with Gasteiger partial charge in [0.05, 0.1) is 5.69 Å². The van der Waals surface area contributed by atoms with Crippen molar-refractivity contribution in [2.45, 2.75) is 63.8 Å². The molecule has 0 heterocycles. The van der Waals surface area contributed by atoms with Gasteiger partial charge < -0.3 is 5.73 Å². The topological polar surface area (TPSA) is 72.2 Å². The van der Waals surface area contributed by atoms with Crippen LogP contribution < -0.4 is 10.5 Å². The largest absolute Gasteiger partial charge is 0.397 e. The number of hydrogen-bond donors (Lipinski definition) is 2. The molecule has 2 unspecified atom stereocenters. The molecule has 0 aliphatic heterocycles. The van der Waals surface area contributed by atoms with Crippen LogP contribution in [0.3, 0.4) is 0 Å². The van der Waals surface area contributed by atoms with E-state index in [1.54, 1.807) is 6.92 Å². The molecule has 0 radical (unpaired) electrons. The molecule has 118 valence electrons. The maximum atomic E-state index is 12.8. The smallest absolute Gasteiger partial charge is 0.243 e. The van der Waals surface area contributed by atoms with Crippen LogP contribution in [0.25, 0.3) is 0 Å². The summed E-state index contributed by atoms with van der Waals surface area (Å²) in [6.45, 7) is 5.76. The zero-order valence-corrected chi connectivity index (χ0v) is 14.0. The minimum absolute atomic E-state index is 0.0352. The molecule has 21 heavy (non-hydrogen) atoms. The Morgan fingerprint density at radius 1 is 1.19 bits per heavy atom. The Labute approximate surface area is 128 Å². The SMILES string of the molecule is CCC1CCCCC1NS(=O)(=O)c1c(C)ccc(C)c1N. The monoisotopic (exact) mass is 310 g/mol. The Balaban J connectivity index is 2.32. The second-order valence-electron chi connectivity index (χ2n) is 6.12. The van der Waals surface area contributed by atoms with Gasteiger partial charge in [0, 0.05) is 6.04 Å². The van der Waals surface area contributed by atoms with Crippen LogP contribution in [0.5, 0.6) is 0 Å². The van der Waals surface area contributed by atoms with E-state index >= 15 is 0 Å². The number of nitrogens with two attached hydrogens (primary N) is 1. The fraction of sp³-hybridized carbons (Fsp3) is 0.625. The van der Waals surface area contributed by atoms with Gasteiger partial charge in [0.15, 0.2) is 0 Å². The molecule has 0 spiro atoms. The molecule has 0 amide bonds. The lowest BCUT2D eigenvalue weighted by Gasteiger charge is -2.31. The summed E-state index contributed by atoms with van der Waals surface area (Å²) in [5, 5.41) is 0. The van der Waals surface area contributed by atoms with Crippen molar-refractivity contribution in [2.75, 3.05) is 5.73 Å². The van der Waals surface area contributed by atoms with E-state index in [1.165, 1.54) is 6.42 Å².